The molecule has 4 rings (SSSR count). The van der Waals surface area contributed by atoms with Crippen molar-refractivity contribution < 1.29 is 4.74 Å². The summed E-state index contributed by atoms with van der Waals surface area (Å²) in [5, 5.41) is 0.416. The maximum Gasteiger partial charge on any atom is 0.332 e. The maximum absolute atomic E-state index is 13.1. The summed E-state index contributed by atoms with van der Waals surface area (Å²) in [5.41, 5.74) is -0.142. The van der Waals surface area contributed by atoms with Gasteiger partial charge in [-0.15, -0.1) is 0 Å². The first-order valence-corrected chi connectivity index (χ1v) is 8.49. The van der Waals surface area contributed by atoms with Crippen molar-refractivity contribution >= 4 is 22.1 Å². The fourth-order valence-corrected chi connectivity index (χ4v) is 3.30. The highest BCUT2D eigenvalue weighted by atomic mass is 16.5. The third-order valence-corrected chi connectivity index (χ3v) is 4.85. The van der Waals surface area contributed by atoms with Gasteiger partial charge in [0.25, 0.3) is 11.1 Å². The summed E-state index contributed by atoms with van der Waals surface area (Å²) in [6.07, 6.45) is 1.44. The summed E-state index contributed by atoms with van der Waals surface area (Å²) in [5.74, 6) is 1.05. The van der Waals surface area contributed by atoms with Gasteiger partial charge in [0.15, 0.2) is 11.2 Å². The van der Waals surface area contributed by atoms with Crippen LogP contribution in [0.2, 0.25) is 0 Å². The number of ether oxygens (including phenoxy) is 1. The predicted molar refractivity (Wildman–Crippen MR) is 103 cm³/mol. The number of hydrogen-bond acceptors (Lipinski definition) is 6. The third kappa shape index (κ3) is 2.45. The zero-order valence-electron chi connectivity index (χ0n) is 15.8. The molecule has 10 nitrogen and oxygen atoms in total. The smallest absolute Gasteiger partial charge is 0.332 e. The van der Waals surface area contributed by atoms with E-state index >= 15 is 0 Å². The van der Waals surface area contributed by atoms with Crippen LogP contribution >= 0.6 is 0 Å². The van der Waals surface area contributed by atoms with Crippen molar-refractivity contribution in [3.8, 4) is 5.75 Å². The molecule has 0 aliphatic rings. The lowest BCUT2D eigenvalue weighted by atomic mass is 10.2. The van der Waals surface area contributed by atoms with Crippen molar-refractivity contribution in [2.24, 2.45) is 14.1 Å². The minimum absolute atomic E-state index is 0.0573. The number of nitrogens with zero attached hydrogens (tertiary/aromatic N) is 6. The first-order chi connectivity index (χ1) is 13.3. The molecule has 0 radical (unpaired) electrons. The van der Waals surface area contributed by atoms with Crippen LogP contribution in [0.5, 0.6) is 5.75 Å². The van der Waals surface area contributed by atoms with Gasteiger partial charge in [-0.05, 0) is 25.1 Å². The van der Waals surface area contributed by atoms with E-state index in [9.17, 15) is 14.4 Å². The van der Waals surface area contributed by atoms with Crippen LogP contribution in [0.1, 0.15) is 5.82 Å². The fourth-order valence-electron chi connectivity index (χ4n) is 3.30. The highest BCUT2D eigenvalue weighted by Gasteiger charge is 2.16. The standard InChI is InChI=1S/C18H18N6O4/c1-10-20-13-6-5-11(28-4)7-12(13)16(25)24(10)9-23-8-19-14-15(23)21(2)18(27)22(3)17(14)26/h5-8H,9H2,1-4H3. The van der Waals surface area contributed by atoms with E-state index in [0.717, 1.165) is 4.57 Å². The van der Waals surface area contributed by atoms with Gasteiger partial charge in [0, 0.05) is 14.1 Å². The molecule has 0 atom stereocenters. The van der Waals surface area contributed by atoms with E-state index < -0.39 is 11.2 Å². The second-order valence-corrected chi connectivity index (χ2v) is 6.51. The SMILES string of the molecule is COc1ccc2nc(C)n(Cn3cnc4c(=O)n(C)c(=O)n(C)c43)c(=O)c2c1. The van der Waals surface area contributed by atoms with Crippen molar-refractivity contribution in [1.82, 2.24) is 28.2 Å². The molecule has 3 aromatic heterocycles. The fraction of sp³-hybridized carbons (Fsp3) is 0.278. The molecule has 0 N–H and O–H groups in total. The Balaban J connectivity index is 1.95. The Kier molecular flexibility index (Phi) is 3.91. The summed E-state index contributed by atoms with van der Waals surface area (Å²) in [6.45, 7) is 1.78. The molecule has 0 spiro atoms. The topological polar surface area (TPSA) is 106 Å². The van der Waals surface area contributed by atoms with Gasteiger partial charge >= 0.3 is 5.69 Å². The molecule has 0 bridgehead atoms. The van der Waals surface area contributed by atoms with Crippen LogP contribution in [0.15, 0.2) is 38.9 Å². The lowest BCUT2D eigenvalue weighted by Crippen LogP contribution is -2.37. The molecule has 0 fully saturated rings. The van der Waals surface area contributed by atoms with E-state index in [1.165, 1.54) is 29.6 Å². The lowest BCUT2D eigenvalue weighted by molar-refractivity contribution is 0.415. The molecule has 0 saturated carbocycles. The molecule has 0 aliphatic carbocycles. The highest BCUT2D eigenvalue weighted by Crippen LogP contribution is 2.17. The van der Waals surface area contributed by atoms with Crippen molar-refractivity contribution in [2.75, 3.05) is 7.11 Å². The number of imidazole rings is 1. The van der Waals surface area contributed by atoms with E-state index in [1.54, 1.807) is 36.7 Å². The largest absolute Gasteiger partial charge is 0.497 e. The average molecular weight is 382 g/mol. The monoisotopic (exact) mass is 382 g/mol. The normalized spacial score (nSPS) is 11.4. The van der Waals surface area contributed by atoms with Crippen molar-refractivity contribution in [3.05, 3.63) is 61.5 Å². The molecule has 3 heterocycles. The first-order valence-electron chi connectivity index (χ1n) is 8.49. The summed E-state index contributed by atoms with van der Waals surface area (Å²) in [6, 6.07) is 5.11. The van der Waals surface area contributed by atoms with Crippen LogP contribution in [0.4, 0.5) is 0 Å². The number of methoxy groups -OCH3 is 1. The van der Waals surface area contributed by atoms with Crippen molar-refractivity contribution in [2.45, 2.75) is 13.6 Å². The van der Waals surface area contributed by atoms with Crippen LogP contribution in [-0.4, -0.2) is 35.3 Å². The van der Waals surface area contributed by atoms with E-state index in [-0.39, 0.29) is 17.7 Å². The molecule has 1 aromatic carbocycles. The average Bonchev–Trinajstić information content (AvgIpc) is 3.11. The van der Waals surface area contributed by atoms with Crippen LogP contribution in [0.25, 0.3) is 22.1 Å². The number of rotatable bonds is 3. The van der Waals surface area contributed by atoms with Gasteiger partial charge in [-0.25, -0.2) is 14.8 Å². The Hall–Kier alpha value is -3.69. The van der Waals surface area contributed by atoms with Crippen LogP contribution in [-0.2, 0) is 20.8 Å². The number of benzene rings is 1. The van der Waals surface area contributed by atoms with Gasteiger partial charge < -0.3 is 4.74 Å². The Morgan fingerprint density at radius 3 is 2.54 bits per heavy atom. The molecule has 0 amide bonds. The molecule has 0 unspecified atom stereocenters. The number of aromatic nitrogens is 6. The van der Waals surface area contributed by atoms with E-state index in [4.69, 9.17) is 4.74 Å². The quantitative estimate of drug-likeness (QED) is 0.493. The first kappa shape index (κ1) is 17.7. The van der Waals surface area contributed by atoms with E-state index in [1.807, 2.05) is 0 Å². The van der Waals surface area contributed by atoms with Gasteiger partial charge in [-0.2, -0.15) is 0 Å². The van der Waals surface area contributed by atoms with Crippen LogP contribution in [0, 0.1) is 6.92 Å². The summed E-state index contributed by atoms with van der Waals surface area (Å²) in [7, 11) is 4.49. The molecule has 0 saturated heterocycles. The Labute approximate surface area is 157 Å². The van der Waals surface area contributed by atoms with Crippen LogP contribution in [0.3, 0.4) is 0 Å². The molecule has 144 valence electrons. The molecule has 10 heteroatoms. The van der Waals surface area contributed by atoms with Gasteiger partial charge in [-0.3, -0.25) is 27.9 Å². The maximum atomic E-state index is 13.1. The van der Waals surface area contributed by atoms with Crippen LogP contribution < -0.4 is 21.5 Å². The molecular formula is C18H18N6O4. The lowest BCUT2D eigenvalue weighted by Gasteiger charge is -2.13. The zero-order chi connectivity index (χ0) is 20.2. The molecular weight excluding hydrogens is 364 g/mol. The van der Waals surface area contributed by atoms with E-state index in [0.29, 0.717) is 28.1 Å². The summed E-state index contributed by atoms with van der Waals surface area (Å²) < 4.78 is 10.6. The summed E-state index contributed by atoms with van der Waals surface area (Å²) >= 11 is 0. The minimum Gasteiger partial charge on any atom is -0.497 e. The van der Waals surface area contributed by atoms with Gasteiger partial charge in [0.2, 0.25) is 0 Å². The Bertz CT molecular complexity index is 1420. The predicted octanol–water partition coefficient (Wildman–Crippen LogP) is -0.0336. The second kappa shape index (κ2) is 6.19. The van der Waals surface area contributed by atoms with Gasteiger partial charge in [-0.1, -0.05) is 0 Å². The van der Waals surface area contributed by atoms with Gasteiger partial charge in [0.1, 0.15) is 18.2 Å². The van der Waals surface area contributed by atoms with Gasteiger partial charge in [0.05, 0.1) is 24.3 Å². The molecule has 28 heavy (non-hydrogen) atoms. The summed E-state index contributed by atoms with van der Waals surface area (Å²) in [4.78, 5) is 46.3. The number of hydrogen-bond donors (Lipinski definition) is 0. The zero-order valence-corrected chi connectivity index (χ0v) is 15.8. The Morgan fingerprint density at radius 1 is 1.07 bits per heavy atom. The van der Waals surface area contributed by atoms with Crippen molar-refractivity contribution in [3.63, 3.8) is 0 Å². The third-order valence-electron chi connectivity index (χ3n) is 4.85. The molecule has 0 aliphatic heterocycles. The van der Waals surface area contributed by atoms with E-state index in [2.05, 4.69) is 9.97 Å². The highest BCUT2D eigenvalue weighted by molar-refractivity contribution is 5.79. The number of fused-ring (bicyclic) bond motifs is 2. The van der Waals surface area contributed by atoms with Crippen molar-refractivity contribution in [1.29, 1.82) is 0 Å². The molecule has 4 aromatic rings. The Morgan fingerprint density at radius 2 is 1.82 bits per heavy atom. The second-order valence-electron chi connectivity index (χ2n) is 6.51. The number of aryl methyl sites for hydroxylation is 2. The minimum atomic E-state index is -0.484.